The quantitative estimate of drug-likeness (QED) is 0.510. The van der Waals surface area contributed by atoms with E-state index in [1.165, 1.54) is 25.1 Å². The predicted molar refractivity (Wildman–Crippen MR) is 74.6 cm³/mol. The van der Waals surface area contributed by atoms with Crippen LogP contribution in [0.25, 0.3) is 0 Å². The lowest BCUT2D eigenvalue weighted by atomic mass is 9.86. The summed E-state index contributed by atoms with van der Waals surface area (Å²) in [6.07, 6.45) is 1.59. The molecule has 0 radical (unpaired) electrons. The minimum atomic E-state index is -0.988. The van der Waals surface area contributed by atoms with Crippen molar-refractivity contribution in [1.82, 2.24) is 0 Å². The third kappa shape index (κ3) is 3.56. The summed E-state index contributed by atoms with van der Waals surface area (Å²) >= 11 is 0. The molecule has 1 N–H and O–H groups in total. The smallest absolute Gasteiger partial charge is 0.309 e. The maximum Gasteiger partial charge on any atom is 0.309 e. The van der Waals surface area contributed by atoms with E-state index in [1.54, 1.807) is 6.07 Å². The molecule has 1 aromatic carbocycles. The molecular weight excluding hydrogens is 276 g/mol. The topological polar surface area (TPSA) is 98.5 Å². The molecule has 1 saturated carbocycles. The van der Waals surface area contributed by atoms with Gasteiger partial charge in [-0.05, 0) is 25.8 Å². The molecule has 7 heteroatoms. The second-order valence-corrected chi connectivity index (χ2v) is 4.97. The van der Waals surface area contributed by atoms with Crippen LogP contribution in [0.2, 0.25) is 0 Å². The number of nitrogens with zero attached hydrogens (tertiary/aromatic N) is 1. The van der Waals surface area contributed by atoms with Crippen molar-refractivity contribution in [2.45, 2.75) is 32.3 Å². The summed E-state index contributed by atoms with van der Waals surface area (Å²) in [6.45, 7) is 1.45. The first-order valence-electron chi connectivity index (χ1n) is 6.74. The third-order valence-electron chi connectivity index (χ3n) is 3.46. The first kappa shape index (κ1) is 15.0. The number of anilines is 1. The molecule has 0 spiro atoms. The Morgan fingerprint density at radius 3 is 2.62 bits per heavy atom. The lowest BCUT2D eigenvalue weighted by Crippen LogP contribution is -2.34. The highest BCUT2D eigenvalue weighted by molar-refractivity contribution is 5.97. The van der Waals surface area contributed by atoms with Crippen LogP contribution >= 0.6 is 0 Å². The molecule has 1 aliphatic rings. The molecule has 7 nitrogen and oxygen atoms in total. The Bertz CT molecular complexity index is 568. The fourth-order valence-electron chi connectivity index (χ4n) is 1.94. The molecule has 0 unspecified atom stereocenters. The zero-order chi connectivity index (χ0) is 15.4. The Morgan fingerprint density at radius 1 is 1.38 bits per heavy atom. The fourth-order valence-corrected chi connectivity index (χ4v) is 1.94. The summed E-state index contributed by atoms with van der Waals surface area (Å²) < 4.78 is 5.07. The number of hydrogen-bond donors (Lipinski definition) is 1. The number of rotatable bonds is 5. The molecule has 0 heterocycles. The van der Waals surface area contributed by atoms with Crippen molar-refractivity contribution in [3.05, 3.63) is 34.4 Å². The number of nitrogens with one attached hydrogen (secondary N) is 1. The molecule has 0 aliphatic heterocycles. The Morgan fingerprint density at radius 2 is 2.05 bits per heavy atom. The van der Waals surface area contributed by atoms with E-state index in [1.807, 2.05) is 0 Å². The predicted octanol–water partition coefficient (Wildman–Crippen LogP) is 2.27. The fraction of sp³-hybridized carbons (Fsp3) is 0.429. The van der Waals surface area contributed by atoms with Gasteiger partial charge in [0.05, 0.1) is 10.8 Å². The summed E-state index contributed by atoms with van der Waals surface area (Å²) in [4.78, 5) is 33.9. The molecule has 1 aromatic rings. The number of ether oxygens (including phenoxy) is 1. The maximum absolute atomic E-state index is 11.9. The molecule has 112 valence electrons. The van der Waals surface area contributed by atoms with E-state index < -0.39 is 16.9 Å². The number of amides is 1. The highest BCUT2D eigenvalue weighted by Gasteiger charge is 2.30. The van der Waals surface area contributed by atoms with Gasteiger partial charge in [0, 0.05) is 6.07 Å². The van der Waals surface area contributed by atoms with Gasteiger partial charge < -0.3 is 10.1 Å². The summed E-state index contributed by atoms with van der Waals surface area (Å²) in [5.74, 6) is -1.09. The van der Waals surface area contributed by atoms with Crippen LogP contribution in [0, 0.1) is 16.0 Å². The Kier molecular flexibility index (Phi) is 4.52. The molecule has 0 bridgehead atoms. The monoisotopic (exact) mass is 292 g/mol. The number of esters is 1. The first-order chi connectivity index (χ1) is 9.99. The van der Waals surface area contributed by atoms with Gasteiger partial charge in [-0.3, -0.25) is 19.7 Å². The van der Waals surface area contributed by atoms with Gasteiger partial charge in [-0.15, -0.1) is 0 Å². The average Bonchev–Trinajstić information content (AvgIpc) is 2.36. The van der Waals surface area contributed by atoms with E-state index in [0.717, 1.165) is 19.3 Å². The van der Waals surface area contributed by atoms with E-state index in [4.69, 9.17) is 4.74 Å². The number of para-hydroxylation sites is 2. The molecule has 21 heavy (non-hydrogen) atoms. The number of nitro groups is 1. The third-order valence-corrected chi connectivity index (χ3v) is 3.46. The van der Waals surface area contributed by atoms with Crippen molar-refractivity contribution in [3.8, 4) is 0 Å². The van der Waals surface area contributed by atoms with E-state index >= 15 is 0 Å². The van der Waals surface area contributed by atoms with Gasteiger partial charge in [0.15, 0.2) is 6.10 Å². The molecule has 1 aliphatic carbocycles. The Balaban J connectivity index is 1.97. The molecule has 1 amide bonds. The lowest BCUT2D eigenvalue weighted by Gasteiger charge is -2.24. The summed E-state index contributed by atoms with van der Waals surface area (Å²) in [7, 11) is 0. The number of nitro benzene ring substituents is 1. The van der Waals surface area contributed by atoms with E-state index in [0.29, 0.717) is 0 Å². The van der Waals surface area contributed by atoms with Gasteiger partial charge in [0.1, 0.15) is 5.69 Å². The van der Waals surface area contributed by atoms with Crippen LogP contribution in [0.1, 0.15) is 26.2 Å². The zero-order valence-corrected chi connectivity index (χ0v) is 11.6. The Labute approximate surface area is 121 Å². The first-order valence-corrected chi connectivity index (χ1v) is 6.74. The molecule has 0 saturated heterocycles. The van der Waals surface area contributed by atoms with E-state index in [9.17, 15) is 19.7 Å². The normalized spacial score (nSPS) is 15.7. The molecule has 1 fully saturated rings. The summed E-state index contributed by atoms with van der Waals surface area (Å²) in [5.41, 5.74) is -0.123. The van der Waals surface area contributed by atoms with Gasteiger partial charge >= 0.3 is 5.97 Å². The summed E-state index contributed by atoms with van der Waals surface area (Å²) in [5, 5.41) is 13.3. The number of benzene rings is 1. The van der Waals surface area contributed by atoms with Crippen LogP contribution in [0.3, 0.4) is 0 Å². The highest BCUT2D eigenvalue weighted by Crippen LogP contribution is 2.28. The van der Waals surface area contributed by atoms with E-state index in [2.05, 4.69) is 5.32 Å². The highest BCUT2D eigenvalue weighted by atomic mass is 16.6. The SMILES string of the molecule is C[C@H](OC(=O)C1CCC1)C(=O)Nc1ccccc1[N+](=O)[O-]. The number of carbonyl (C=O) groups excluding carboxylic acids is 2. The Hall–Kier alpha value is -2.44. The van der Waals surface area contributed by atoms with Crippen molar-refractivity contribution >= 4 is 23.3 Å². The summed E-state index contributed by atoms with van der Waals surface area (Å²) in [6, 6.07) is 5.80. The van der Waals surface area contributed by atoms with Gasteiger partial charge in [-0.1, -0.05) is 18.6 Å². The van der Waals surface area contributed by atoms with Gasteiger partial charge in [-0.25, -0.2) is 0 Å². The molecule has 0 aromatic heterocycles. The van der Waals surface area contributed by atoms with Crippen LogP contribution in [0.15, 0.2) is 24.3 Å². The van der Waals surface area contributed by atoms with Gasteiger partial charge in [-0.2, -0.15) is 0 Å². The van der Waals surface area contributed by atoms with Crippen LogP contribution in [0.5, 0.6) is 0 Å². The molecule has 1 atom stereocenters. The number of hydrogen-bond acceptors (Lipinski definition) is 5. The standard InChI is InChI=1S/C14H16N2O5/c1-9(21-14(18)10-5-4-6-10)13(17)15-11-7-2-3-8-12(11)16(19)20/h2-3,7-10H,4-6H2,1H3,(H,15,17)/t9-/m0/s1. The maximum atomic E-state index is 11.9. The van der Waals surface area contributed by atoms with Gasteiger partial charge in [0.2, 0.25) is 0 Å². The largest absolute Gasteiger partial charge is 0.452 e. The molecular formula is C14H16N2O5. The zero-order valence-electron chi connectivity index (χ0n) is 11.6. The van der Waals surface area contributed by atoms with Crippen molar-refractivity contribution in [2.24, 2.45) is 5.92 Å². The van der Waals surface area contributed by atoms with Crippen LogP contribution in [-0.4, -0.2) is 22.9 Å². The number of carbonyl (C=O) groups is 2. The minimum absolute atomic E-state index is 0.0824. The van der Waals surface area contributed by atoms with E-state index in [-0.39, 0.29) is 23.3 Å². The van der Waals surface area contributed by atoms with Crippen molar-refractivity contribution in [1.29, 1.82) is 0 Å². The minimum Gasteiger partial charge on any atom is -0.452 e. The van der Waals surface area contributed by atoms with Gasteiger partial charge in [0.25, 0.3) is 11.6 Å². The van der Waals surface area contributed by atoms with Crippen molar-refractivity contribution in [2.75, 3.05) is 5.32 Å². The average molecular weight is 292 g/mol. The van der Waals surface area contributed by atoms with Crippen molar-refractivity contribution < 1.29 is 19.2 Å². The van der Waals surface area contributed by atoms with Crippen LogP contribution in [0.4, 0.5) is 11.4 Å². The molecule has 2 rings (SSSR count). The van der Waals surface area contributed by atoms with Crippen molar-refractivity contribution in [3.63, 3.8) is 0 Å². The second kappa shape index (κ2) is 6.34. The second-order valence-electron chi connectivity index (χ2n) is 4.97. The van der Waals surface area contributed by atoms with Crippen LogP contribution in [-0.2, 0) is 14.3 Å². The van der Waals surface area contributed by atoms with Crippen LogP contribution < -0.4 is 5.32 Å². The lowest BCUT2D eigenvalue weighted by molar-refractivity contribution is -0.383.